The van der Waals surface area contributed by atoms with Crippen LogP contribution in [-0.4, -0.2) is 7.11 Å². The lowest BCUT2D eigenvalue weighted by Crippen LogP contribution is -2.10. The minimum atomic E-state index is -0.00412. The first kappa shape index (κ1) is 11.6. The van der Waals surface area contributed by atoms with E-state index in [-0.39, 0.29) is 6.04 Å². The van der Waals surface area contributed by atoms with E-state index in [9.17, 15) is 0 Å². The van der Waals surface area contributed by atoms with Crippen LogP contribution in [-0.2, 0) is 0 Å². The second-order valence-electron chi connectivity index (χ2n) is 3.58. The molecule has 1 unspecified atom stereocenters. The Morgan fingerprint density at radius 2 is 2.27 bits per heavy atom. The van der Waals surface area contributed by atoms with Crippen LogP contribution in [0.1, 0.15) is 30.0 Å². The van der Waals surface area contributed by atoms with Crippen molar-refractivity contribution < 1.29 is 4.74 Å². The van der Waals surface area contributed by atoms with Crippen molar-refractivity contribution in [3.05, 3.63) is 29.3 Å². The highest BCUT2D eigenvalue weighted by Gasteiger charge is 2.07. The van der Waals surface area contributed by atoms with Crippen LogP contribution in [0.4, 0.5) is 0 Å². The molecular weight excluding hydrogens is 186 g/mol. The van der Waals surface area contributed by atoms with Gasteiger partial charge in [-0.2, -0.15) is 0 Å². The average molecular weight is 203 g/mol. The third kappa shape index (κ3) is 3.00. The maximum atomic E-state index is 6.00. The molecule has 2 heteroatoms. The Kier molecular flexibility index (Phi) is 4.20. The Morgan fingerprint density at radius 1 is 1.53 bits per heavy atom. The van der Waals surface area contributed by atoms with Crippen LogP contribution in [0.3, 0.4) is 0 Å². The molecule has 0 fully saturated rings. The zero-order chi connectivity index (χ0) is 11.3. The molecule has 0 aliphatic rings. The lowest BCUT2D eigenvalue weighted by Gasteiger charge is -2.13. The minimum Gasteiger partial charge on any atom is -0.496 e. The average Bonchev–Trinajstić information content (AvgIpc) is 2.26. The van der Waals surface area contributed by atoms with E-state index in [0.717, 1.165) is 23.3 Å². The fourth-order valence-corrected chi connectivity index (χ4v) is 1.47. The van der Waals surface area contributed by atoms with Crippen LogP contribution in [0.25, 0.3) is 0 Å². The molecule has 1 atom stereocenters. The molecule has 1 rings (SSSR count). The molecule has 0 saturated carbocycles. The van der Waals surface area contributed by atoms with Crippen molar-refractivity contribution in [1.82, 2.24) is 0 Å². The fraction of sp³-hybridized carbons (Fsp3) is 0.385. The van der Waals surface area contributed by atoms with Crippen molar-refractivity contribution in [3.8, 4) is 18.1 Å². The summed E-state index contributed by atoms with van der Waals surface area (Å²) in [6, 6.07) is 6.02. The maximum Gasteiger partial charge on any atom is 0.122 e. The van der Waals surface area contributed by atoms with E-state index < -0.39 is 0 Å². The fourth-order valence-electron chi connectivity index (χ4n) is 1.47. The van der Waals surface area contributed by atoms with Gasteiger partial charge >= 0.3 is 0 Å². The van der Waals surface area contributed by atoms with Gasteiger partial charge in [-0.1, -0.05) is 12.1 Å². The SMILES string of the molecule is C#CCCC(N)c1ccc(C)c(OC)c1. The predicted molar refractivity (Wildman–Crippen MR) is 62.7 cm³/mol. The summed E-state index contributed by atoms with van der Waals surface area (Å²) in [6.07, 6.45) is 6.72. The summed E-state index contributed by atoms with van der Waals surface area (Å²) in [5, 5.41) is 0. The second-order valence-corrected chi connectivity index (χ2v) is 3.58. The summed E-state index contributed by atoms with van der Waals surface area (Å²) >= 11 is 0. The summed E-state index contributed by atoms with van der Waals surface area (Å²) in [5.41, 5.74) is 8.20. The van der Waals surface area contributed by atoms with Crippen molar-refractivity contribution in [2.45, 2.75) is 25.8 Å². The molecule has 0 saturated heterocycles. The van der Waals surface area contributed by atoms with Crippen LogP contribution in [0.2, 0.25) is 0 Å². The van der Waals surface area contributed by atoms with Crippen LogP contribution in [0.15, 0.2) is 18.2 Å². The van der Waals surface area contributed by atoms with Crippen molar-refractivity contribution in [2.75, 3.05) is 7.11 Å². The van der Waals surface area contributed by atoms with Gasteiger partial charge in [-0.25, -0.2) is 0 Å². The second kappa shape index (κ2) is 5.43. The zero-order valence-electron chi connectivity index (χ0n) is 9.29. The number of nitrogens with two attached hydrogens (primary N) is 1. The molecule has 2 N–H and O–H groups in total. The number of terminal acetylenes is 1. The molecule has 0 aliphatic carbocycles. The molecule has 0 aliphatic heterocycles. The van der Waals surface area contributed by atoms with E-state index in [1.807, 2.05) is 25.1 Å². The summed E-state index contributed by atoms with van der Waals surface area (Å²) in [7, 11) is 1.67. The van der Waals surface area contributed by atoms with Gasteiger partial charge in [0.25, 0.3) is 0 Å². The summed E-state index contributed by atoms with van der Waals surface area (Å²) in [5.74, 6) is 3.48. The van der Waals surface area contributed by atoms with Gasteiger partial charge < -0.3 is 10.5 Å². The summed E-state index contributed by atoms with van der Waals surface area (Å²) in [4.78, 5) is 0. The monoisotopic (exact) mass is 203 g/mol. The molecule has 0 amide bonds. The molecule has 0 radical (unpaired) electrons. The number of aryl methyl sites for hydroxylation is 1. The Morgan fingerprint density at radius 3 is 2.87 bits per heavy atom. The topological polar surface area (TPSA) is 35.2 Å². The highest BCUT2D eigenvalue weighted by molar-refractivity contribution is 5.37. The Hall–Kier alpha value is -1.46. The van der Waals surface area contributed by atoms with E-state index >= 15 is 0 Å². The van der Waals surface area contributed by atoms with Gasteiger partial charge in [-0.15, -0.1) is 12.3 Å². The number of methoxy groups -OCH3 is 1. The Labute approximate surface area is 91.4 Å². The summed E-state index contributed by atoms with van der Waals surface area (Å²) < 4.78 is 5.24. The highest BCUT2D eigenvalue weighted by atomic mass is 16.5. The molecule has 1 aromatic rings. The first-order valence-corrected chi connectivity index (χ1v) is 5.02. The van der Waals surface area contributed by atoms with Gasteiger partial charge in [0.2, 0.25) is 0 Å². The van der Waals surface area contributed by atoms with Crippen LogP contribution in [0, 0.1) is 19.3 Å². The van der Waals surface area contributed by atoms with E-state index in [4.69, 9.17) is 16.9 Å². The van der Waals surface area contributed by atoms with E-state index in [1.165, 1.54) is 0 Å². The van der Waals surface area contributed by atoms with Crippen LogP contribution >= 0.6 is 0 Å². The van der Waals surface area contributed by atoms with Crippen LogP contribution < -0.4 is 10.5 Å². The highest BCUT2D eigenvalue weighted by Crippen LogP contribution is 2.24. The molecule has 1 aromatic carbocycles. The van der Waals surface area contributed by atoms with Crippen molar-refractivity contribution in [2.24, 2.45) is 5.73 Å². The van der Waals surface area contributed by atoms with Crippen molar-refractivity contribution >= 4 is 0 Å². The number of hydrogen-bond donors (Lipinski definition) is 1. The molecule has 0 heterocycles. The van der Waals surface area contributed by atoms with Crippen molar-refractivity contribution in [1.29, 1.82) is 0 Å². The van der Waals surface area contributed by atoms with Gasteiger partial charge in [-0.05, 0) is 30.5 Å². The molecule has 0 spiro atoms. The van der Waals surface area contributed by atoms with Gasteiger partial charge in [-0.3, -0.25) is 0 Å². The molecule has 2 nitrogen and oxygen atoms in total. The van der Waals surface area contributed by atoms with Gasteiger partial charge in [0.1, 0.15) is 5.75 Å². The van der Waals surface area contributed by atoms with Gasteiger partial charge in [0.15, 0.2) is 0 Å². The first-order valence-electron chi connectivity index (χ1n) is 5.02. The predicted octanol–water partition coefficient (Wildman–Crippen LogP) is 2.42. The largest absolute Gasteiger partial charge is 0.496 e. The molecule has 80 valence electrons. The first-order chi connectivity index (χ1) is 7.19. The lowest BCUT2D eigenvalue weighted by atomic mass is 10.0. The standard InChI is InChI=1S/C13H17NO/c1-4-5-6-12(14)11-8-7-10(2)13(9-11)15-3/h1,7-9,12H,5-6,14H2,2-3H3. The maximum absolute atomic E-state index is 6.00. The van der Waals surface area contributed by atoms with Crippen molar-refractivity contribution in [3.63, 3.8) is 0 Å². The lowest BCUT2D eigenvalue weighted by molar-refractivity contribution is 0.410. The minimum absolute atomic E-state index is 0.00412. The Balaban J connectivity index is 2.82. The van der Waals surface area contributed by atoms with E-state index in [0.29, 0.717) is 6.42 Å². The number of hydrogen-bond acceptors (Lipinski definition) is 2. The zero-order valence-corrected chi connectivity index (χ0v) is 9.29. The quantitative estimate of drug-likeness (QED) is 0.763. The number of benzene rings is 1. The van der Waals surface area contributed by atoms with Gasteiger partial charge in [0.05, 0.1) is 7.11 Å². The molecule has 0 bridgehead atoms. The van der Waals surface area contributed by atoms with E-state index in [2.05, 4.69) is 5.92 Å². The number of ether oxygens (including phenoxy) is 1. The van der Waals surface area contributed by atoms with Crippen LogP contribution in [0.5, 0.6) is 5.75 Å². The summed E-state index contributed by atoms with van der Waals surface area (Å²) in [6.45, 7) is 2.01. The third-order valence-corrected chi connectivity index (χ3v) is 2.46. The molecule has 0 aromatic heterocycles. The Bertz CT molecular complexity index is 365. The normalized spacial score (nSPS) is 11.9. The van der Waals surface area contributed by atoms with E-state index in [1.54, 1.807) is 7.11 Å². The molecular formula is C13H17NO. The van der Waals surface area contributed by atoms with Gasteiger partial charge in [0, 0.05) is 12.5 Å². The molecule has 15 heavy (non-hydrogen) atoms. The number of rotatable bonds is 4. The third-order valence-electron chi connectivity index (χ3n) is 2.46. The smallest absolute Gasteiger partial charge is 0.122 e.